The predicted octanol–water partition coefficient (Wildman–Crippen LogP) is 11.5. The smallest absolute Gasteiger partial charge is 0.220 e. The number of aliphatic hydroxyl groups is 8. The van der Waals surface area contributed by atoms with Crippen LogP contribution in [0.2, 0.25) is 0 Å². The summed E-state index contributed by atoms with van der Waals surface area (Å²) in [5.74, 6) is -0.238. The summed E-state index contributed by atoms with van der Waals surface area (Å²) in [6.45, 7) is 2.80. The van der Waals surface area contributed by atoms with Gasteiger partial charge in [-0.3, -0.25) is 4.79 Å². The standard InChI is InChI=1S/C62H119NO13/c1-3-5-7-9-11-13-15-16-17-18-19-20-21-22-23-24-25-26-27-28-29-30-31-32-33-34-35-36-37-39-41-43-45-51(66)50(63-54(67)46-44-42-40-38-14-12-10-8-6-4-2)49-73-61-59(72)57(70)60(53(48-65)75-61)76-62-58(71)56(69)55(68)52(47-64)74-62/h43,45,50-53,55-62,64-66,68-72H,3-42,44,46-49H2,1-2H3,(H,63,67)/b45-43+. The zero-order valence-electron chi connectivity index (χ0n) is 48.5. The fourth-order valence-electron chi connectivity index (χ4n) is 10.8. The van der Waals surface area contributed by atoms with Gasteiger partial charge in [-0.1, -0.05) is 270 Å². The van der Waals surface area contributed by atoms with E-state index in [0.717, 1.165) is 38.5 Å². The molecule has 14 heteroatoms. The molecule has 450 valence electrons. The first-order valence-electron chi connectivity index (χ1n) is 31.9. The van der Waals surface area contributed by atoms with E-state index in [1.54, 1.807) is 6.08 Å². The van der Waals surface area contributed by atoms with Crippen molar-refractivity contribution in [3.05, 3.63) is 12.2 Å². The number of unbranched alkanes of at least 4 members (excludes halogenated alkanes) is 39. The molecule has 2 rings (SSSR count). The molecule has 0 spiro atoms. The van der Waals surface area contributed by atoms with Crippen LogP contribution < -0.4 is 5.32 Å². The normalized spacial score (nSPS) is 24.9. The monoisotopic (exact) mass is 1090 g/mol. The van der Waals surface area contributed by atoms with Crippen LogP contribution in [-0.2, 0) is 23.7 Å². The Balaban J connectivity index is 1.62. The summed E-state index contributed by atoms with van der Waals surface area (Å²) in [6.07, 6.45) is 40.1. The summed E-state index contributed by atoms with van der Waals surface area (Å²) in [5, 5.41) is 87.0. The Bertz CT molecular complexity index is 1330. The van der Waals surface area contributed by atoms with Crippen LogP contribution in [0.25, 0.3) is 0 Å². The number of hydrogen-bond acceptors (Lipinski definition) is 13. The lowest BCUT2D eigenvalue weighted by atomic mass is 9.97. The third-order valence-corrected chi connectivity index (χ3v) is 16.0. The highest BCUT2D eigenvalue weighted by atomic mass is 16.7. The molecule has 14 nitrogen and oxygen atoms in total. The van der Waals surface area contributed by atoms with E-state index >= 15 is 0 Å². The molecule has 0 aliphatic carbocycles. The SMILES string of the molecule is CCCCCCCCCCCCCCCCCCCCCCCCCCCCCCCC/C=C/C(O)C(COC1OC(CO)C(OC2OC(CO)C(O)C(O)C2O)C(O)C1O)NC(=O)CCCCCCCCCCCC. The summed E-state index contributed by atoms with van der Waals surface area (Å²) in [7, 11) is 0. The number of hydrogen-bond donors (Lipinski definition) is 9. The van der Waals surface area contributed by atoms with E-state index in [1.807, 2.05) is 6.08 Å². The number of ether oxygens (including phenoxy) is 4. The lowest BCUT2D eigenvalue weighted by Gasteiger charge is -2.46. The molecule has 0 saturated carbocycles. The summed E-state index contributed by atoms with van der Waals surface area (Å²) in [6, 6.07) is -0.908. The minimum absolute atomic E-state index is 0.238. The summed E-state index contributed by atoms with van der Waals surface area (Å²) in [5.41, 5.74) is 0. The average Bonchev–Trinajstić information content (AvgIpc) is 3.42. The second-order valence-electron chi connectivity index (χ2n) is 22.9. The van der Waals surface area contributed by atoms with Crippen molar-refractivity contribution < 1.29 is 64.6 Å². The number of allylic oxidation sites excluding steroid dienone is 1. The van der Waals surface area contributed by atoms with Crippen LogP contribution in [0.15, 0.2) is 12.2 Å². The molecule has 0 aromatic carbocycles. The molecule has 1 amide bonds. The summed E-state index contributed by atoms with van der Waals surface area (Å²) in [4.78, 5) is 13.2. The van der Waals surface area contributed by atoms with Crippen molar-refractivity contribution in [2.45, 2.75) is 357 Å². The Hall–Kier alpha value is -1.27. The van der Waals surface area contributed by atoms with E-state index in [4.69, 9.17) is 18.9 Å². The Labute approximate surface area is 463 Å². The molecule has 2 aliphatic heterocycles. The fraction of sp³-hybridized carbons (Fsp3) is 0.952. The van der Waals surface area contributed by atoms with Crippen molar-refractivity contribution in [1.29, 1.82) is 0 Å². The first kappa shape index (κ1) is 70.8. The maximum Gasteiger partial charge on any atom is 0.220 e. The highest BCUT2D eigenvalue weighted by molar-refractivity contribution is 5.76. The molecule has 0 aromatic heterocycles. The number of rotatable bonds is 52. The molecule has 0 bridgehead atoms. The molecular formula is C62H119NO13. The van der Waals surface area contributed by atoms with Crippen LogP contribution >= 0.6 is 0 Å². The van der Waals surface area contributed by atoms with Crippen molar-refractivity contribution >= 4 is 5.91 Å². The van der Waals surface area contributed by atoms with Crippen molar-refractivity contribution in [1.82, 2.24) is 5.32 Å². The Kier molecular flexibility index (Phi) is 45.1. The number of carbonyl (C=O) groups is 1. The molecule has 2 aliphatic rings. The van der Waals surface area contributed by atoms with Gasteiger partial charge in [0, 0.05) is 6.42 Å². The lowest BCUT2D eigenvalue weighted by molar-refractivity contribution is -0.359. The van der Waals surface area contributed by atoms with Crippen molar-refractivity contribution in [3.63, 3.8) is 0 Å². The maximum atomic E-state index is 13.2. The average molecular weight is 1090 g/mol. The second kappa shape index (κ2) is 48.4. The van der Waals surface area contributed by atoms with E-state index in [9.17, 15) is 45.6 Å². The van der Waals surface area contributed by atoms with Gasteiger partial charge in [-0.15, -0.1) is 0 Å². The van der Waals surface area contributed by atoms with Gasteiger partial charge in [0.25, 0.3) is 0 Å². The molecule has 2 saturated heterocycles. The van der Waals surface area contributed by atoms with E-state index in [2.05, 4.69) is 19.2 Å². The highest BCUT2D eigenvalue weighted by Crippen LogP contribution is 2.30. The Morgan fingerprint density at radius 3 is 1.21 bits per heavy atom. The van der Waals surface area contributed by atoms with E-state index < -0.39 is 86.8 Å². The van der Waals surface area contributed by atoms with Crippen LogP contribution in [0, 0.1) is 0 Å². The first-order chi connectivity index (χ1) is 37.1. The third-order valence-electron chi connectivity index (χ3n) is 16.0. The molecule has 0 aromatic rings. The molecular weight excluding hydrogens is 967 g/mol. The quantitative estimate of drug-likeness (QED) is 0.0204. The molecule has 12 unspecified atom stereocenters. The lowest BCUT2D eigenvalue weighted by Crippen LogP contribution is -2.65. The van der Waals surface area contributed by atoms with Crippen LogP contribution in [0.5, 0.6) is 0 Å². The zero-order chi connectivity index (χ0) is 55.3. The number of amides is 1. The number of carbonyl (C=O) groups excluding carboxylic acids is 1. The van der Waals surface area contributed by atoms with Gasteiger partial charge in [-0.2, -0.15) is 0 Å². The molecule has 2 heterocycles. The fourth-order valence-corrected chi connectivity index (χ4v) is 10.8. The van der Waals surface area contributed by atoms with Gasteiger partial charge in [-0.25, -0.2) is 0 Å². The first-order valence-corrected chi connectivity index (χ1v) is 31.9. The predicted molar refractivity (Wildman–Crippen MR) is 305 cm³/mol. The van der Waals surface area contributed by atoms with Crippen LogP contribution in [0.4, 0.5) is 0 Å². The van der Waals surface area contributed by atoms with Crippen molar-refractivity contribution in [3.8, 4) is 0 Å². The Morgan fingerprint density at radius 1 is 0.461 bits per heavy atom. The largest absolute Gasteiger partial charge is 0.394 e. The van der Waals surface area contributed by atoms with Crippen molar-refractivity contribution in [2.75, 3.05) is 19.8 Å². The van der Waals surface area contributed by atoms with Gasteiger partial charge in [0.05, 0.1) is 32.0 Å². The van der Waals surface area contributed by atoms with E-state index in [-0.39, 0.29) is 18.9 Å². The van der Waals surface area contributed by atoms with Gasteiger partial charge in [-0.05, 0) is 19.3 Å². The maximum absolute atomic E-state index is 13.2. The van der Waals surface area contributed by atoms with Crippen LogP contribution in [0.1, 0.15) is 284 Å². The Morgan fingerprint density at radius 2 is 0.816 bits per heavy atom. The summed E-state index contributed by atoms with van der Waals surface area (Å²) < 4.78 is 22.8. The number of aliphatic hydroxyl groups excluding tert-OH is 8. The van der Waals surface area contributed by atoms with Gasteiger partial charge in [0.2, 0.25) is 5.91 Å². The molecule has 9 N–H and O–H groups in total. The van der Waals surface area contributed by atoms with Crippen LogP contribution in [0.3, 0.4) is 0 Å². The minimum Gasteiger partial charge on any atom is -0.394 e. The van der Waals surface area contributed by atoms with Crippen LogP contribution in [-0.4, -0.2) is 140 Å². The second-order valence-corrected chi connectivity index (χ2v) is 22.9. The zero-order valence-corrected chi connectivity index (χ0v) is 48.5. The van der Waals surface area contributed by atoms with Crippen molar-refractivity contribution in [2.24, 2.45) is 0 Å². The molecule has 2 fully saturated rings. The molecule has 76 heavy (non-hydrogen) atoms. The minimum atomic E-state index is -1.78. The van der Waals surface area contributed by atoms with E-state index in [1.165, 1.54) is 218 Å². The molecule has 0 radical (unpaired) electrons. The van der Waals surface area contributed by atoms with Gasteiger partial charge in [0.1, 0.15) is 48.8 Å². The molecule has 12 atom stereocenters. The number of nitrogens with one attached hydrogen (secondary N) is 1. The van der Waals surface area contributed by atoms with Gasteiger partial charge >= 0.3 is 0 Å². The highest BCUT2D eigenvalue weighted by Gasteiger charge is 2.51. The third kappa shape index (κ3) is 33.5. The topological polar surface area (TPSA) is 228 Å². The van der Waals surface area contributed by atoms with Gasteiger partial charge in [0.15, 0.2) is 12.6 Å². The van der Waals surface area contributed by atoms with Gasteiger partial charge < -0.3 is 65.1 Å². The summed E-state index contributed by atoms with van der Waals surface area (Å²) >= 11 is 0. The van der Waals surface area contributed by atoms with E-state index in [0.29, 0.717) is 6.42 Å².